The molecule has 0 atom stereocenters. The summed E-state index contributed by atoms with van der Waals surface area (Å²) in [6.07, 6.45) is 0. The van der Waals surface area contributed by atoms with E-state index in [1.165, 1.54) is 19.1 Å². The molecule has 0 fully saturated rings. The maximum Gasteiger partial charge on any atom is 0.261 e. The minimum Gasteiger partial charge on any atom is -0.338 e. The highest BCUT2D eigenvalue weighted by molar-refractivity contribution is 7.92. The van der Waals surface area contributed by atoms with Gasteiger partial charge in [-0.25, -0.2) is 13.4 Å². The summed E-state index contributed by atoms with van der Waals surface area (Å²) < 4.78 is 28.0. The van der Waals surface area contributed by atoms with Crippen LogP contribution in [-0.4, -0.2) is 24.3 Å². The number of nitrogens with one attached hydrogen (secondary N) is 3. The van der Waals surface area contributed by atoms with Gasteiger partial charge in [0.25, 0.3) is 10.0 Å². The van der Waals surface area contributed by atoms with E-state index in [4.69, 9.17) is 0 Å². The van der Waals surface area contributed by atoms with E-state index in [9.17, 15) is 13.2 Å². The van der Waals surface area contributed by atoms with Crippen LogP contribution in [0.5, 0.6) is 0 Å². The molecule has 0 aliphatic carbocycles. The molecule has 0 radical (unpaired) electrons. The molecule has 0 saturated heterocycles. The van der Waals surface area contributed by atoms with Crippen molar-refractivity contribution in [1.29, 1.82) is 0 Å². The molecule has 4 aromatic rings. The third-order valence-electron chi connectivity index (χ3n) is 4.26. The van der Waals surface area contributed by atoms with Gasteiger partial charge in [0.05, 0.1) is 15.9 Å². The van der Waals surface area contributed by atoms with Crippen molar-refractivity contribution in [2.75, 3.05) is 10.0 Å². The zero-order valence-corrected chi connectivity index (χ0v) is 16.3. The number of sulfonamides is 1. The number of fused-ring (bicyclic) bond motifs is 1. The Kier molecular flexibility index (Phi) is 4.77. The maximum atomic E-state index is 12.7. The molecule has 3 aromatic carbocycles. The molecule has 1 amide bonds. The van der Waals surface area contributed by atoms with Gasteiger partial charge in [-0.3, -0.25) is 9.52 Å². The van der Waals surface area contributed by atoms with Crippen LogP contribution in [0, 0.1) is 0 Å². The number of aromatic amines is 1. The summed E-state index contributed by atoms with van der Waals surface area (Å²) in [5.74, 6) is 0.438. The number of para-hydroxylation sites is 2. The zero-order chi connectivity index (χ0) is 20.4. The number of anilines is 2. The first-order valence-electron chi connectivity index (χ1n) is 8.86. The Morgan fingerprint density at radius 2 is 1.69 bits per heavy atom. The van der Waals surface area contributed by atoms with Crippen LogP contribution in [-0.2, 0) is 14.8 Å². The number of aromatic nitrogens is 2. The standard InChI is InChI=1S/C21H18N4O3S/c1-14(26)22-16-9-11-18(12-10-16)29(27,28)25-17-6-4-5-15(13-17)21-23-19-7-2-3-8-20(19)24-21/h2-13,25H,1H3,(H,22,26)(H,23,24). The number of H-pyrrole nitrogens is 1. The molecule has 0 saturated carbocycles. The molecule has 146 valence electrons. The summed E-state index contributed by atoms with van der Waals surface area (Å²) in [6, 6.07) is 20.7. The van der Waals surface area contributed by atoms with Gasteiger partial charge in [-0.05, 0) is 48.5 Å². The van der Waals surface area contributed by atoms with Crippen LogP contribution < -0.4 is 10.0 Å². The van der Waals surface area contributed by atoms with E-state index in [1.807, 2.05) is 30.3 Å². The maximum absolute atomic E-state index is 12.7. The second-order valence-electron chi connectivity index (χ2n) is 6.49. The SMILES string of the molecule is CC(=O)Nc1ccc(S(=O)(=O)Nc2cccc(-c3nc4ccccc4[nH]3)c2)cc1. The van der Waals surface area contributed by atoms with Crippen LogP contribution in [0.3, 0.4) is 0 Å². The van der Waals surface area contributed by atoms with Crippen LogP contribution in [0.4, 0.5) is 11.4 Å². The molecule has 1 heterocycles. The lowest BCUT2D eigenvalue weighted by atomic mass is 10.2. The normalized spacial score (nSPS) is 11.3. The predicted octanol–water partition coefficient (Wildman–Crippen LogP) is 3.99. The lowest BCUT2D eigenvalue weighted by Crippen LogP contribution is -2.13. The lowest BCUT2D eigenvalue weighted by molar-refractivity contribution is -0.114. The third-order valence-corrected chi connectivity index (χ3v) is 5.66. The fourth-order valence-corrected chi connectivity index (χ4v) is 4.00. The van der Waals surface area contributed by atoms with Crippen molar-refractivity contribution in [3.05, 3.63) is 72.8 Å². The van der Waals surface area contributed by atoms with E-state index in [2.05, 4.69) is 20.0 Å². The molecule has 0 aliphatic rings. The topological polar surface area (TPSA) is 104 Å². The molecule has 0 spiro atoms. The Labute approximate surface area is 167 Å². The van der Waals surface area contributed by atoms with E-state index in [-0.39, 0.29) is 10.8 Å². The van der Waals surface area contributed by atoms with Crippen LogP contribution in [0.2, 0.25) is 0 Å². The number of amides is 1. The first kappa shape index (κ1) is 18.7. The number of rotatable bonds is 5. The fraction of sp³-hybridized carbons (Fsp3) is 0.0476. The fourth-order valence-electron chi connectivity index (χ4n) is 2.95. The average molecular weight is 406 g/mol. The Balaban J connectivity index is 1.59. The van der Waals surface area contributed by atoms with Crippen LogP contribution in [0.15, 0.2) is 77.7 Å². The van der Waals surface area contributed by atoms with Crippen molar-refractivity contribution in [3.63, 3.8) is 0 Å². The quantitative estimate of drug-likeness (QED) is 0.466. The van der Waals surface area contributed by atoms with Crippen molar-refractivity contribution in [2.24, 2.45) is 0 Å². The molecule has 4 rings (SSSR count). The number of nitrogens with zero attached hydrogens (tertiary/aromatic N) is 1. The summed E-state index contributed by atoms with van der Waals surface area (Å²) in [5.41, 5.74) is 3.47. The number of imidazole rings is 1. The largest absolute Gasteiger partial charge is 0.338 e. The second kappa shape index (κ2) is 7.40. The van der Waals surface area contributed by atoms with E-state index in [0.29, 0.717) is 17.2 Å². The third kappa shape index (κ3) is 4.12. The van der Waals surface area contributed by atoms with Crippen molar-refractivity contribution in [2.45, 2.75) is 11.8 Å². The zero-order valence-electron chi connectivity index (χ0n) is 15.5. The highest BCUT2D eigenvalue weighted by atomic mass is 32.2. The second-order valence-corrected chi connectivity index (χ2v) is 8.18. The Morgan fingerprint density at radius 1 is 0.931 bits per heavy atom. The first-order chi connectivity index (χ1) is 13.9. The molecule has 1 aromatic heterocycles. The number of benzene rings is 3. The smallest absolute Gasteiger partial charge is 0.261 e. The summed E-state index contributed by atoms with van der Waals surface area (Å²) in [5, 5.41) is 2.61. The number of carbonyl (C=O) groups excluding carboxylic acids is 1. The van der Waals surface area contributed by atoms with Gasteiger partial charge in [0.15, 0.2) is 0 Å². The van der Waals surface area contributed by atoms with Crippen molar-refractivity contribution < 1.29 is 13.2 Å². The molecule has 0 bridgehead atoms. The number of hydrogen-bond acceptors (Lipinski definition) is 4. The highest BCUT2D eigenvalue weighted by Gasteiger charge is 2.15. The van der Waals surface area contributed by atoms with Gasteiger partial charge in [0, 0.05) is 23.9 Å². The molecule has 29 heavy (non-hydrogen) atoms. The van der Waals surface area contributed by atoms with Gasteiger partial charge in [-0.2, -0.15) is 0 Å². The van der Waals surface area contributed by atoms with E-state index in [0.717, 1.165) is 16.6 Å². The summed E-state index contributed by atoms with van der Waals surface area (Å²) in [6.45, 7) is 1.39. The van der Waals surface area contributed by atoms with Crippen molar-refractivity contribution in [1.82, 2.24) is 9.97 Å². The molecule has 0 unspecified atom stereocenters. The van der Waals surface area contributed by atoms with Crippen molar-refractivity contribution in [3.8, 4) is 11.4 Å². The van der Waals surface area contributed by atoms with Gasteiger partial charge in [0.2, 0.25) is 5.91 Å². The van der Waals surface area contributed by atoms with Crippen LogP contribution >= 0.6 is 0 Å². The van der Waals surface area contributed by atoms with Gasteiger partial charge in [0.1, 0.15) is 5.82 Å². The van der Waals surface area contributed by atoms with Gasteiger partial charge in [-0.1, -0.05) is 24.3 Å². The molecular formula is C21H18N4O3S. The Bertz CT molecular complexity index is 1260. The molecule has 8 heteroatoms. The molecule has 3 N–H and O–H groups in total. The van der Waals surface area contributed by atoms with E-state index in [1.54, 1.807) is 30.3 Å². The Morgan fingerprint density at radius 3 is 2.41 bits per heavy atom. The molecule has 7 nitrogen and oxygen atoms in total. The van der Waals surface area contributed by atoms with Crippen LogP contribution in [0.1, 0.15) is 6.92 Å². The average Bonchev–Trinajstić information content (AvgIpc) is 3.12. The van der Waals surface area contributed by atoms with Gasteiger partial charge >= 0.3 is 0 Å². The lowest BCUT2D eigenvalue weighted by Gasteiger charge is -2.10. The minimum absolute atomic E-state index is 0.0979. The highest BCUT2D eigenvalue weighted by Crippen LogP contribution is 2.25. The molecule has 0 aliphatic heterocycles. The monoisotopic (exact) mass is 406 g/mol. The van der Waals surface area contributed by atoms with Gasteiger partial charge < -0.3 is 10.3 Å². The van der Waals surface area contributed by atoms with Gasteiger partial charge in [-0.15, -0.1) is 0 Å². The predicted molar refractivity (Wildman–Crippen MR) is 113 cm³/mol. The minimum atomic E-state index is -3.78. The van der Waals surface area contributed by atoms with Crippen LogP contribution in [0.25, 0.3) is 22.4 Å². The molecular weight excluding hydrogens is 388 g/mol. The first-order valence-corrected chi connectivity index (χ1v) is 10.3. The van der Waals surface area contributed by atoms with Crippen molar-refractivity contribution >= 4 is 38.3 Å². The van der Waals surface area contributed by atoms with E-state index < -0.39 is 10.0 Å². The summed E-state index contributed by atoms with van der Waals surface area (Å²) in [7, 11) is -3.78. The number of carbonyl (C=O) groups is 1. The Hall–Kier alpha value is -3.65. The summed E-state index contributed by atoms with van der Waals surface area (Å²) in [4.78, 5) is 19.0. The summed E-state index contributed by atoms with van der Waals surface area (Å²) >= 11 is 0. The number of hydrogen-bond donors (Lipinski definition) is 3. The van der Waals surface area contributed by atoms with E-state index >= 15 is 0 Å².